The van der Waals surface area contributed by atoms with E-state index in [0.29, 0.717) is 12.5 Å². The number of halogens is 1. The lowest BCUT2D eigenvalue weighted by molar-refractivity contribution is -0.144. The number of methoxy groups -OCH3 is 2. The van der Waals surface area contributed by atoms with Crippen molar-refractivity contribution in [3.8, 4) is 11.5 Å². The van der Waals surface area contributed by atoms with Gasteiger partial charge in [0.15, 0.2) is 0 Å². The summed E-state index contributed by atoms with van der Waals surface area (Å²) in [4.78, 5) is 15.1. The van der Waals surface area contributed by atoms with Gasteiger partial charge in [-0.05, 0) is 43.0 Å². The van der Waals surface area contributed by atoms with Crippen LogP contribution >= 0.6 is 12.4 Å². The van der Waals surface area contributed by atoms with Crippen molar-refractivity contribution in [2.45, 2.75) is 32.2 Å². The molecule has 6 heteroatoms. The second kappa shape index (κ2) is 8.28. The summed E-state index contributed by atoms with van der Waals surface area (Å²) < 4.78 is 10.7. The number of nitrogens with zero attached hydrogens (tertiary/aromatic N) is 1. The molecule has 25 heavy (non-hydrogen) atoms. The highest BCUT2D eigenvalue weighted by atomic mass is 35.5. The van der Waals surface area contributed by atoms with Crippen LogP contribution in [0.3, 0.4) is 0 Å². The lowest BCUT2D eigenvalue weighted by atomic mass is 9.67. The van der Waals surface area contributed by atoms with Crippen LogP contribution in [-0.2, 0) is 11.3 Å². The van der Waals surface area contributed by atoms with E-state index in [9.17, 15) is 4.79 Å². The number of nitrogens with one attached hydrogen (secondary N) is 1. The Balaban J connectivity index is 0.00000225. The summed E-state index contributed by atoms with van der Waals surface area (Å²) in [5.41, 5.74) is 0.826. The second-order valence-corrected chi connectivity index (χ2v) is 7.11. The normalized spacial score (nSPS) is 24.8. The Morgan fingerprint density at radius 2 is 1.92 bits per heavy atom. The summed E-state index contributed by atoms with van der Waals surface area (Å²) in [5.74, 6) is 2.27. The average molecular weight is 369 g/mol. The van der Waals surface area contributed by atoms with Crippen molar-refractivity contribution in [2.75, 3.05) is 34.4 Å². The number of amides is 1. The number of benzene rings is 1. The van der Waals surface area contributed by atoms with Crippen molar-refractivity contribution < 1.29 is 14.3 Å². The smallest absolute Gasteiger partial charge is 0.230 e. The van der Waals surface area contributed by atoms with Gasteiger partial charge in [-0.2, -0.15) is 0 Å². The molecule has 1 aromatic rings. The Kier molecular flexibility index (Phi) is 6.58. The van der Waals surface area contributed by atoms with Gasteiger partial charge < -0.3 is 19.7 Å². The topological polar surface area (TPSA) is 50.8 Å². The summed E-state index contributed by atoms with van der Waals surface area (Å²) in [6, 6.07) is 5.78. The van der Waals surface area contributed by atoms with Crippen LogP contribution < -0.4 is 14.8 Å². The standard InChI is InChI=1S/C19H28N2O3.ClH/c1-21(12-14-8-16(23-2)10-17(9-14)24-3)18(22)19-7-5-4-6-15(19)11-20-13-19;/h8-10,15,20H,4-7,11-13H2,1-3H3;1H/t15-,19+;/m0./s1. The molecule has 140 valence electrons. The number of hydrogen-bond acceptors (Lipinski definition) is 4. The van der Waals surface area contributed by atoms with E-state index >= 15 is 0 Å². The van der Waals surface area contributed by atoms with Gasteiger partial charge in [-0.3, -0.25) is 4.79 Å². The molecule has 1 aliphatic carbocycles. The first-order chi connectivity index (χ1) is 11.6. The zero-order valence-electron chi connectivity index (χ0n) is 15.3. The van der Waals surface area contributed by atoms with Crippen LogP contribution in [0.25, 0.3) is 0 Å². The SMILES string of the molecule is COc1cc(CN(C)C(=O)[C@@]23CCCC[C@H]2CNC3)cc(OC)c1.Cl. The van der Waals surface area contributed by atoms with Gasteiger partial charge in [0, 0.05) is 26.2 Å². The van der Waals surface area contributed by atoms with Crippen LogP contribution in [0.1, 0.15) is 31.2 Å². The summed E-state index contributed by atoms with van der Waals surface area (Å²) in [6.07, 6.45) is 4.58. The zero-order chi connectivity index (χ0) is 17.2. The fourth-order valence-electron chi connectivity index (χ4n) is 4.35. The molecule has 1 N–H and O–H groups in total. The average Bonchev–Trinajstić information content (AvgIpc) is 3.05. The molecule has 2 fully saturated rings. The fourth-order valence-corrected chi connectivity index (χ4v) is 4.35. The van der Waals surface area contributed by atoms with Gasteiger partial charge in [0.2, 0.25) is 5.91 Å². The number of ether oxygens (including phenoxy) is 2. The largest absolute Gasteiger partial charge is 0.497 e. The fraction of sp³-hybridized carbons (Fsp3) is 0.632. The van der Waals surface area contributed by atoms with Gasteiger partial charge in [-0.25, -0.2) is 0 Å². The van der Waals surface area contributed by atoms with Crippen LogP contribution in [0.5, 0.6) is 11.5 Å². The number of fused-ring (bicyclic) bond motifs is 1. The minimum Gasteiger partial charge on any atom is -0.497 e. The number of carbonyl (C=O) groups is 1. The molecule has 1 aromatic carbocycles. The Morgan fingerprint density at radius 1 is 1.24 bits per heavy atom. The number of hydrogen-bond donors (Lipinski definition) is 1. The first-order valence-electron chi connectivity index (χ1n) is 8.77. The molecular weight excluding hydrogens is 340 g/mol. The summed E-state index contributed by atoms with van der Waals surface area (Å²) in [7, 11) is 5.19. The third-order valence-electron chi connectivity index (χ3n) is 5.64. The highest BCUT2D eigenvalue weighted by Gasteiger charge is 2.50. The molecule has 0 aromatic heterocycles. The Morgan fingerprint density at radius 3 is 2.56 bits per heavy atom. The van der Waals surface area contributed by atoms with E-state index < -0.39 is 0 Å². The van der Waals surface area contributed by atoms with Crippen LogP contribution in [0, 0.1) is 11.3 Å². The van der Waals surface area contributed by atoms with Gasteiger partial charge in [-0.1, -0.05) is 12.8 Å². The Hall–Kier alpha value is -1.46. The maximum Gasteiger partial charge on any atom is 0.230 e. The van der Waals surface area contributed by atoms with E-state index in [4.69, 9.17) is 9.47 Å². The van der Waals surface area contributed by atoms with Crippen LogP contribution in [0.4, 0.5) is 0 Å². The maximum atomic E-state index is 13.2. The van der Waals surface area contributed by atoms with Crippen LogP contribution in [-0.4, -0.2) is 45.2 Å². The molecule has 3 rings (SSSR count). The van der Waals surface area contributed by atoms with Crippen molar-refractivity contribution >= 4 is 18.3 Å². The predicted molar refractivity (Wildman–Crippen MR) is 101 cm³/mol. The molecule has 2 aliphatic rings. The first-order valence-corrected chi connectivity index (χ1v) is 8.77. The first kappa shape index (κ1) is 19.9. The molecule has 1 amide bonds. The minimum atomic E-state index is -0.198. The monoisotopic (exact) mass is 368 g/mol. The molecule has 0 radical (unpaired) electrons. The molecule has 0 unspecified atom stereocenters. The summed E-state index contributed by atoms with van der Waals surface area (Å²) >= 11 is 0. The number of carbonyl (C=O) groups excluding carboxylic acids is 1. The molecule has 1 saturated heterocycles. The Labute approximate surface area is 156 Å². The second-order valence-electron chi connectivity index (χ2n) is 7.11. The van der Waals surface area contributed by atoms with E-state index in [1.165, 1.54) is 12.8 Å². The summed E-state index contributed by atoms with van der Waals surface area (Å²) in [6.45, 7) is 2.37. The summed E-state index contributed by atoms with van der Waals surface area (Å²) in [5, 5.41) is 3.45. The third kappa shape index (κ3) is 3.87. The maximum absolute atomic E-state index is 13.2. The van der Waals surface area contributed by atoms with Crippen molar-refractivity contribution in [1.82, 2.24) is 10.2 Å². The van der Waals surface area contributed by atoms with Gasteiger partial charge in [-0.15, -0.1) is 12.4 Å². The Bertz CT molecular complexity index is 588. The van der Waals surface area contributed by atoms with Crippen molar-refractivity contribution in [1.29, 1.82) is 0 Å². The van der Waals surface area contributed by atoms with Gasteiger partial charge in [0.05, 0.1) is 19.6 Å². The van der Waals surface area contributed by atoms with Gasteiger partial charge in [0.1, 0.15) is 11.5 Å². The molecule has 2 atom stereocenters. The van der Waals surface area contributed by atoms with Gasteiger partial charge in [0.25, 0.3) is 0 Å². The molecule has 0 bridgehead atoms. The van der Waals surface area contributed by atoms with Crippen molar-refractivity contribution in [3.63, 3.8) is 0 Å². The lowest BCUT2D eigenvalue weighted by Gasteiger charge is -2.39. The van der Waals surface area contributed by atoms with Crippen LogP contribution in [0.2, 0.25) is 0 Å². The van der Waals surface area contributed by atoms with E-state index in [1.807, 2.05) is 30.1 Å². The number of rotatable bonds is 5. The van der Waals surface area contributed by atoms with E-state index in [0.717, 1.165) is 43.0 Å². The van der Waals surface area contributed by atoms with Crippen LogP contribution in [0.15, 0.2) is 18.2 Å². The van der Waals surface area contributed by atoms with Gasteiger partial charge >= 0.3 is 0 Å². The minimum absolute atomic E-state index is 0. The molecule has 1 aliphatic heterocycles. The molecule has 1 saturated carbocycles. The van der Waals surface area contributed by atoms with E-state index in [1.54, 1.807) is 14.2 Å². The molecule has 1 heterocycles. The molecule has 0 spiro atoms. The third-order valence-corrected chi connectivity index (χ3v) is 5.64. The predicted octanol–water partition coefficient (Wildman–Crippen LogP) is 2.86. The zero-order valence-corrected chi connectivity index (χ0v) is 16.2. The lowest BCUT2D eigenvalue weighted by Crippen LogP contribution is -2.48. The van der Waals surface area contributed by atoms with Crippen molar-refractivity contribution in [3.05, 3.63) is 23.8 Å². The molecular formula is C19H29ClN2O3. The molecule has 5 nitrogen and oxygen atoms in total. The highest BCUT2D eigenvalue weighted by molar-refractivity contribution is 5.85. The van der Waals surface area contributed by atoms with E-state index in [-0.39, 0.29) is 23.7 Å². The van der Waals surface area contributed by atoms with E-state index in [2.05, 4.69) is 5.32 Å². The highest BCUT2D eigenvalue weighted by Crippen LogP contribution is 2.45. The van der Waals surface area contributed by atoms with Crippen molar-refractivity contribution in [2.24, 2.45) is 11.3 Å². The quantitative estimate of drug-likeness (QED) is 0.868.